The Balaban J connectivity index is 0. The molecule has 0 aliphatic carbocycles. The number of aliphatic hydroxyl groups is 2. The summed E-state index contributed by atoms with van der Waals surface area (Å²) < 4.78 is 13.8. The van der Waals surface area contributed by atoms with E-state index < -0.39 is 18.2 Å². The van der Waals surface area contributed by atoms with Crippen molar-refractivity contribution in [2.45, 2.75) is 19.6 Å². The summed E-state index contributed by atoms with van der Waals surface area (Å²) in [7, 11) is 1.18. The zero-order valence-corrected chi connectivity index (χ0v) is 11.7. The monoisotopic (exact) mass is 294 g/mol. The van der Waals surface area contributed by atoms with Gasteiger partial charge in [0.2, 0.25) is 0 Å². The Labute approximate surface area is 117 Å². The fraction of sp³-hybridized carbons (Fsp3) is 0.667. The maximum absolute atomic E-state index is 10.1. The number of hydrogen-bond acceptors (Lipinski definition) is 7. The Morgan fingerprint density at radius 2 is 1.90 bits per heavy atom. The van der Waals surface area contributed by atoms with Crippen molar-refractivity contribution in [3.05, 3.63) is 12.2 Å². The number of hydrogen-bond donors (Lipinski definition) is 3. The molecule has 0 spiro atoms. The van der Waals surface area contributed by atoms with Crippen molar-refractivity contribution in [2.24, 2.45) is 0 Å². The van der Waals surface area contributed by atoms with E-state index >= 15 is 0 Å². The Morgan fingerprint density at radius 3 is 2.35 bits per heavy atom. The molecule has 20 heavy (non-hydrogen) atoms. The summed E-state index contributed by atoms with van der Waals surface area (Å²) in [6, 6.07) is 0. The predicted molar refractivity (Wildman–Crippen MR) is 68.9 cm³/mol. The molecule has 8 nitrogen and oxygen atoms in total. The second-order valence-electron chi connectivity index (χ2n) is 3.32. The van der Waals surface area contributed by atoms with Crippen LogP contribution in [0, 0.1) is 0 Å². The number of methoxy groups -OCH3 is 1. The van der Waals surface area contributed by atoms with E-state index in [2.05, 4.69) is 4.74 Å². The molecular weight excluding hydrogens is 272 g/mol. The van der Waals surface area contributed by atoms with Gasteiger partial charge in [-0.1, -0.05) is 6.92 Å². The average molecular weight is 294 g/mol. The summed E-state index contributed by atoms with van der Waals surface area (Å²) in [5, 5.41) is 25.2. The molecule has 0 aliphatic heterocycles. The van der Waals surface area contributed by atoms with E-state index in [0.29, 0.717) is 12.7 Å². The Hall–Kier alpha value is -1.48. The average Bonchev–Trinajstić information content (AvgIpc) is 2.43. The van der Waals surface area contributed by atoms with Crippen LogP contribution in [0.4, 0.5) is 0 Å². The number of aliphatic carboxylic acids is 1. The minimum absolute atomic E-state index is 0.0273. The fourth-order valence-electron chi connectivity index (χ4n) is 0.758. The Morgan fingerprint density at radius 1 is 1.25 bits per heavy atom. The third kappa shape index (κ3) is 18.9. The normalized spacial score (nSPS) is 11.6. The first-order valence-electron chi connectivity index (χ1n) is 5.95. The van der Waals surface area contributed by atoms with Crippen LogP contribution in [-0.2, 0) is 23.8 Å². The summed E-state index contributed by atoms with van der Waals surface area (Å²) >= 11 is 0. The number of carboxylic acids is 1. The molecule has 0 amide bonds. The van der Waals surface area contributed by atoms with Gasteiger partial charge < -0.3 is 29.5 Å². The Kier molecular flexibility index (Phi) is 16.2. The molecule has 1 atom stereocenters. The third-order valence-electron chi connectivity index (χ3n) is 1.57. The Bertz CT molecular complexity index is 277. The van der Waals surface area contributed by atoms with Crippen LogP contribution in [0.3, 0.4) is 0 Å². The van der Waals surface area contributed by atoms with E-state index in [1.165, 1.54) is 7.11 Å². The van der Waals surface area contributed by atoms with E-state index in [4.69, 9.17) is 24.8 Å². The molecule has 0 fully saturated rings. The van der Waals surface area contributed by atoms with Gasteiger partial charge in [0.25, 0.3) is 0 Å². The molecule has 0 aromatic heterocycles. The van der Waals surface area contributed by atoms with Crippen LogP contribution in [0.2, 0.25) is 0 Å². The summed E-state index contributed by atoms with van der Waals surface area (Å²) in [6.07, 6.45) is 1.56. The highest BCUT2D eigenvalue weighted by Crippen LogP contribution is 1.89. The lowest BCUT2D eigenvalue weighted by molar-refractivity contribution is -0.139. The van der Waals surface area contributed by atoms with Crippen molar-refractivity contribution in [3.8, 4) is 0 Å². The number of carbonyl (C=O) groups excluding carboxylic acids is 1. The minimum atomic E-state index is -1.17. The third-order valence-corrected chi connectivity index (χ3v) is 1.57. The smallest absolute Gasteiger partial charge is 0.330 e. The van der Waals surface area contributed by atoms with Crippen LogP contribution < -0.4 is 0 Å². The molecule has 0 bridgehead atoms. The topological polar surface area (TPSA) is 123 Å². The van der Waals surface area contributed by atoms with E-state index in [1.807, 2.05) is 6.92 Å². The molecule has 0 rings (SSSR count). The number of esters is 1. The van der Waals surface area contributed by atoms with Crippen molar-refractivity contribution in [2.75, 3.05) is 33.5 Å². The molecule has 0 aliphatic rings. The van der Waals surface area contributed by atoms with Gasteiger partial charge in [0.15, 0.2) is 6.29 Å². The lowest BCUT2D eigenvalue weighted by atomic mass is 10.5. The van der Waals surface area contributed by atoms with Crippen LogP contribution in [0.25, 0.3) is 0 Å². The van der Waals surface area contributed by atoms with Crippen LogP contribution in [0.1, 0.15) is 13.3 Å². The van der Waals surface area contributed by atoms with Crippen molar-refractivity contribution in [1.82, 2.24) is 0 Å². The maximum atomic E-state index is 10.1. The van der Waals surface area contributed by atoms with Crippen LogP contribution in [-0.4, -0.2) is 67.1 Å². The highest BCUT2D eigenvalue weighted by atomic mass is 16.6. The molecule has 0 aromatic rings. The van der Waals surface area contributed by atoms with Crippen LogP contribution in [0.5, 0.6) is 0 Å². The first-order valence-corrected chi connectivity index (χ1v) is 5.95. The van der Waals surface area contributed by atoms with Gasteiger partial charge in [-0.2, -0.15) is 0 Å². The molecule has 118 valence electrons. The summed E-state index contributed by atoms with van der Waals surface area (Å²) in [4.78, 5) is 19.9. The van der Waals surface area contributed by atoms with Crippen LogP contribution in [0.15, 0.2) is 12.2 Å². The van der Waals surface area contributed by atoms with Gasteiger partial charge in [-0.15, -0.1) is 0 Å². The zero-order valence-electron chi connectivity index (χ0n) is 11.7. The molecule has 0 heterocycles. The van der Waals surface area contributed by atoms with Crippen LogP contribution >= 0.6 is 0 Å². The van der Waals surface area contributed by atoms with Gasteiger partial charge in [0.1, 0.15) is 0 Å². The van der Waals surface area contributed by atoms with Crippen molar-refractivity contribution >= 4 is 11.9 Å². The molecule has 0 aromatic carbocycles. The molecule has 8 heteroatoms. The van der Waals surface area contributed by atoms with Gasteiger partial charge in [-0.05, 0) is 6.42 Å². The minimum Gasteiger partial charge on any atom is -0.478 e. The first kappa shape index (κ1) is 20.8. The zero-order chi connectivity index (χ0) is 15.8. The quantitative estimate of drug-likeness (QED) is 0.226. The fourth-order valence-corrected chi connectivity index (χ4v) is 0.758. The van der Waals surface area contributed by atoms with Gasteiger partial charge in [0.05, 0.1) is 26.9 Å². The lowest BCUT2D eigenvalue weighted by Gasteiger charge is -2.10. The highest BCUT2D eigenvalue weighted by Gasteiger charge is 2.01. The van der Waals surface area contributed by atoms with E-state index in [9.17, 15) is 9.59 Å². The first-order chi connectivity index (χ1) is 9.47. The highest BCUT2D eigenvalue weighted by molar-refractivity contribution is 5.90. The van der Waals surface area contributed by atoms with Crippen molar-refractivity contribution < 1.29 is 39.1 Å². The van der Waals surface area contributed by atoms with Gasteiger partial charge in [-0.3, -0.25) is 0 Å². The van der Waals surface area contributed by atoms with E-state index in [-0.39, 0.29) is 19.8 Å². The molecule has 0 saturated carbocycles. The van der Waals surface area contributed by atoms with E-state index in [0.717, 1.165) is 12.5 Å². The predicted octanol–water partition coefficient (Wildman–Crippen LogP) is -0.459. The number of ether oxygens (including phenoxy) is 3. The lowest BCUT2D eigenvalue weighted by Crippen LogP contribution is -2.20. The SMILES string of the molecule is CCCOC(O)COCCO.COC(=O)/C=C\C(=O)O. The van der Waals surface area contributed by atoms with Gasteiger partial charge >= 0.3 is 11.9 Å². The maximum Gasteiger partial charge on any atom is 0.330 e. The molecule has 1 unspecified atom stereocenters. The summed E-state index contributed by atoms with van der Waals surface area (Å²) in [6.45, 7) is 2.83. The number of carboxylic acid groups (broad SMARTS) is 1. The second kappa shape index (κ2) is 15.6. The van der Waals surface area contributed by atoms with E-state index in [1.54, 1.807) is 0 Å². The summed E-state index contributed by atoms with van der Waals surface area (Å²) in [5.74, 6) is -1.84. The summed E-state index contributed by atoms with van der Waals surface area (Å²) in [5.41, 5.74) is 0. The molecule has 0 saturated heterocycles. The number of aliphatic hydroxyl groups excluding tert-OH is 2. The second-order valence-corrected chi connectivity index (χ2v) is 3.32. The molecular formula is C12H22O8. The number of rotatable bonds is 9. The number of carbonyl (C=O) groups is 2. The van der Waals surface area contributed by atoms with Crippen molar-refractivity contribution in [3.63, 3.8) is 0 Å². The van der Waals surface area contributed by atoms with Gasteiger partial charge in [0, 0.05) is 18.8 Å². The van der Waals surface area contributed by atoms with Gasteiger partial charge in [-0.25, -0.2) is 9.59 Å². The standard InChI is InChI=1S/C7H16O4.C5H6O4/c1-2-4-11-7(9)6-10-5-3-8;1-9-5(8)3-2-4(6)7/h7-9H,2-6H2,1H3;2-3H,1H3,(H,6,7)/b;3-2-. The van der Waals surface area contributed by atoms with Crippen molar-refractivity contribution in [1.29, 1.82) is 0 Å². The molecule has 0 radical (unpaired) electrons. The largest absolute Gasteiger partial charge is 0.478 e. The molecule has 3 N–H and O–H groups in total.